The van der Waals surface area contributed by atoms with E-state index in [1.165, 1.54) is 14.2 Å². The highest BCUT2D eigenvalue weighted by atomic mass is 16.5. The Morgan fingerprint density at radius 1 is 0.931 bits per heavy atom. The minimum atomic E-state index is -0.291. The molecule has 0 radical (unpaired) electrons. The van der Waals surface area contributed by atoms with E-state index in [1.807, 2.05) is 12.1 Å². The molecule has 0 heterocycles. The zero-order chi connectivity index (χ0) is 20.6. The number of amides is 1. The molecule has 3 aromatic carbocycles. The van der Waals surface area contributed by atoms with Crippen LogP contribution in [0.15, 0.2) is 66.7 Å². The fourth-order valence-corrected chi connectivity index (χ4v) is 2.70. The molecule has 0 aromatic heterocycles. The third-order valence-corrected chi connectivity index (χ3v) is 4.17. The predicted molar refractivity (Wildman–Crippen MR) is 109 cm³/mol. The molecule has 1 amide bonds. The summed E-state index contributed by atoms with van der Waals surface area (Å²) in [7, 11) is 3.06. The van der Waals surface area contributed by atoms with Gasteiger partial charge in [0, 0.05) is 23.4 Å². The Kier molecular flexibility index (Phi) is 6.33. The van der Waals surface area contributed by atoms with Gasteiger partial charge in [0.1, 0.15) is 23.9 Å². The maximum atomic E-state index is 12.6. The lowest BCUT2D eigenvalue weighted by atomic mass is 10.1. The van der Waals surface area contributed by atoms with Crippen LogP contribution in [0.4, 0.5) is 5.69 Å². The standard InChI is InChI=1S/C23H20N2O4/c1-27-21-10-18(11-22(13-21)28-2)23(26)25-19-7-4-8-20(12-19)29-15-17-6-3-5-16(9-17)14-24/h3-13H,15H2,1-2H3,(H,25,26). The van der Waals surface area contributed by atoms with Crippen LogP contribution in [-0.2, 0) is 6.61 Å². The molecule has 3 rings (SSSR count). The van der Waals surface area contributed by atoms with E-state index < -0.39 is 0 Å². The van der Waals surface area contributed by atoms with E-state index in [9.17, 15) is 4.79 Å². The molecule has 29 heavy (non-hydrogen) atoms. The number of ether oxygens (including phenoxy) is 3. The van der Waals surface area contributed by atoms with Gasteiger partial charge in [-0.05, 0) is 42.0 Å². The minimum absolute atomic E-state index is 0.291. The van der Waals surface area contributed by atoms with Crippen molar-refractivity contribution in [1.82, 2.24) is 0 Å². The smallest absolute Gasteiger partial charge is 0.255 e. The maximum Gasteiger partial charge on any atom is 0.255 e. The Bertz CT molecular complexity index is 1030. The first kappa shape index (κ1) is 19.8. The maximum absolute atomic E-state index is 12.6. The second-order valence-electron chi connectivity index (χ2n) is 6.18. The highest BCUT2D eigenvalue weighted by molar-refractivity contribution is 6.04. The first-order chi connectivity index (χ1) is 14.1. The molecule has 0 aliphatic rings. The fraction of sp³-hybridized carbons (Fsp3) is 0.130. The van der Waals surface area contributed by atoms with Gasteiger partial charge in [-0.15, -0.1) is 0 Å². The van der Waals surface area contributed by atoms with Gasteiger partial charge >= 0.3 is 0 Å². The Labute approximate surface area is 169 Å². The molecule has 146 valence electrons. The predicted octanol–water partition coefficient (Wildman–Crippen LogP) is 4.41. The molecule has 0 atom stereocenters. The number of hydrogen-bond acceptors (Lipinski definition) is 5. The number of nitriles is 1. The van der Waals surface area contributed by atoms with Crippen molar-refractivity contribution in [2.45, 2.75) is 6.61 Å². The summed E-state index contributed by atoms with van der Waals surface area (Å²) in [4.78, 5) is 12.6. The van der Waals surface area contributed by atoms with Gasteiger partial charge < -0.3 is 19.5 Å². The van der Waals surface area contributed by atoms with Gasteiger partial charge in [-0.25, -0.2) is 0 Å². The monoisotopic (exact) mass is 388 g/mol. The summed E-state index contributed by atoms with van der Waals surface area (Å²) in [5, 5.41) is 11.8. The third-order valence-electron chi connectivity index (χ3n) is 4.17. The van der Waals surface area contributed by atoms with Crippen LogP contribution in [-0.4, -0.2) is 20.1 Å². The molecular formula is C23H20N2O4. The van der Waals surface area contributed by atoms with Crippen LogP contribution in [0.3, 0.4) is 0 Å². The zero-order valence-corrected chi connectivity index (χ0v) is 16.1. The number of carbonyl (C=O) groups excluding carboxylic acids is 1. The first-order valence-electron chi connectivity index (χ1n) is 8.87. The number of nitrogens with zero attached hydrogens (tertiary/aromatic N) is 1. The summed E-state index contributed by atoms with van der Waals surface area (Å²) in [5.41, 5.74) is 2.49. The van der Waals surface area contributed by atoms with Crippen molar-refractivity contribution in [1.29, 1.82) is 5.26 Å². The average Bonchev–Trinajstić information content (AvgIpc) is 2.77. The lowest BCUT2D eigenvalue weighted by Gasteiger charge is -2.11. The Morgan fingerprint density at radius 3 is 2.34 bits per heavy atom. The van der Waals surface area contributed by atoms with Gasteiger partial charge in [-0.2, -0.15) is 5.26 Å². The second-order valence-corrected chi connectivity index (χ2v) is 6.18. The molecule has 1 N–H and O–H groups in total. The molecule has 0 aliphatic carbocycles. The van der Waals surface area contributed by atoms with Crippen LogP contribution in [0.5, 0.6) is 17.2 Å². The highest BCUT2D eigenvalue weighted by Crippen LogP contribution is 2.24. The van der Waals surface area contributed by atoms with E-state index in [0.29, 0.717) is 40.7 Å². The van der Waals surface area contributed by atoms with Gasteiger partial charge in [0.05, 0.1) is 25.9 Å². The summed E-state index contributed by atoms with van der Waals surface area (Å²) >= 11 is 0. The van der Waals surface area contributed by atoms with Crippen LogP contribution in [0.25, 0.3) is 0 Å². The van der Waals surface area contributed by atoms with Crippen LogP contribution in [0.1, 0.15) is 21.5 Å². The Balaban J connectivity index is 1.69. The zero-order valence-electron chi connectivity index (χ0n) is 16.1. The molecule has 0 unspecified atom stereocenters. The van der Waals surface area contributed by atoms with E-state index in [4.69, 9.17) is 19.5 Å². The molecule has 3 aromatic rings. The molecule has 6 heteroatoms. The van der Waals surface area contributed by atoms with Crippen molar-refractivity contribution in [3.05, 3.63) is 83.4 Å². The van der Waals surface area contributed by atoms with Gasteiger partial charge in [0.15, 0.2) is 0 Å². The summed E-state index contributed by atoms with van der Waals surface area (Å²) in [6.07, 6.45) is 0. The summed E-state index contributed by atoms with van der Waals surface area (Å²) < 4.78 is 16.2. The lowest BCUT2D eigenvalue weighted by molar-refractivity contribution is 0.102. The number of carbonyl (C=O) groups is 1. The summed E-state index contributed by atoms with van der Waals surface area (Å²) in [5.74, 6) is 1.38. The average molecular weight is 388 g/mol. The van der Waals surface area contributed by atoms with Gasteiger partial charge in [-0.3, -0.25) is 4.79 Å². The first-order valence-corrected chi connectivity index (χ1v) is 8.87. The van der Waals surface area contributed by atoms with E-state index >= 15 is 0 Å². The highest BCUT2D eigenvalue weighted by Gasteiger charge is 2.11. The van der Waals surface area contributed by atoms with Crippen LogP contribution >= 0.6 is 0 Å². The van der Waals surface area contributed by atoms with Gasteiger partial charge in [-0.1, -0.05) is 18.2 Å². The summed E-state index contributed by atoms with van der Waals surface area (Å²) in [6, 6.07) is 21.4. The molecule has 0 bridgehead atoms. The minimum Gasteiger partial charge on any atom is -0.497 e. The lowest BCUT2D eigenvalue weighted by Crippen LogP contribution is -2.12. The Morgan fingerprint density at radius 2 is 1.66 bits per heavy atom. The van der Waals surface area contributed by atoms with Crippen molar-refractivity contribution in [2.24, 2.45) is 0 Å². The van der Waals surface area contributed by atoms with Crippen LogP contribution < -0.4 is 19.5 Å². The third kappa shape index (κ3) is 5.27. The topological polar surface area (TPSA) is 80.6 Å². The largest absolute Gasteiger partial charge is 0.497 e. The van der Waals surface area contributed by atoms with Crippen molar-refractivity contribution in [2.75, 3.05) is 19.5 Å². The van der Waals surface area contributed by atoms with Crippen LogP contribution in [0, 0.1) is 11.3 Å². The number of benzene rings is 3. The molecule has 0 fully saturated rings. The van der Waals surface area contributed by atoms with Gasteiger partial charge in [0.25, 0.3) is 5.91 Å². The number of anilines is 1. The quantitative estimate of drug-likeness (QED) is 0.649. The van der Waals surface area contributed by atoms with E-state index in [0.717, 1.165) is 5.56 Å². The normalized spacial score (nSPS) is 9.97. The van der Waals surface area contributed by atoms with E-state index in [1.54, 1.807) is 54.6 Å². The Hall–Kier alpha value is -3.98. The molecule has 6 nitrogen and oxygen atoms in total. The molecule has 0 saturated heterocycles. The van der Waals surface area contributed by atoms with Crippen molar-refractivity contribution in [3.8, 4) is 23.3 Å². The summed E-state index contributed by atoms with van der Waals surface area (Å²) in [6.45, 7) is 0.319. The second kappa shape index (κ2) is 9.29. The van der Waals surface area contributed by atoms with Crippen molar-refractivity contribution >= 4 is 11.6 Å². The fourth-order valence-electron chi connectivity index (χ4n) is 2.70. The number of hydrogen-bond donors (Lipinski definition) is 1. The number of nitrogens with one attached hydrogen (secondary N) is 1. The molecular weight excluding hydrogens is 368 g/mol. The molecule has 0 spiro atoms. The van der Waals surface area contributed by atoms with E-state index in [-0.39, 0.29) is 5.91 Å². The van der Waals surface area contributed by atoms with Gasteiger partial charge in [0.2, 0.25) is 0 Å². The van der Waals surface area contributed by atoms with Crippen molar-refractivity contribution in [3.63, 3.8) is 0 Å². The number of rotatable bonds is 7. The SMILES string of the molecule is COc1cc(OC)cc(C(=O)Nc2cccc(OCc3cccc(C#N)c3)c2)c1. The number of methoxy groups -OCH3 is 2. The van der Waals surface area contributed by atoms with E-state index in [2.05, 4.69) is 11.4 Å². The molecule has 0 saturated carbocycles. The van der Waals surface area contributed by atoms with Crippen LogP contribution in [0.2, 0.25) is 0 Å². The van der Waals surface area contributed by atoms with Crippen molar-refractivity contribution < 1.29 is 19.0 Å². The molecule has 0 aliphatic heterocycles.